The third kappa shape index (κ3) is 59.8. The highest BCUT2D eigenvalue weighted by Gasteiger charge is 1.85. The Hall–Kier alpha value is -6.18. The van der Waals surface area contributed by atoms with Crippen LogP contribution in [0.2, 0.25) is 0 Å². The highest BCUT2D eigenvalue weighted by Crippen LogP contribution is 1.94. The van der Waals surface area contributed by atoms with Crippen molar-refractivity contribution in [1.29, 1.82) is 0 Å². The van der Waals surface area contributed by atoms with E-state index < -0.39 is 0 Å². The van der Waals surface area contributed by atoms with Crippen LogP contribution in [-0.2, 0) is 56.4 Å². The van der Waals surface area contributed by atoms with Crippen LogP contribution in [0.15, 0.2) is 130 Å². The van der Waals surface area contributed by atoms with Crippen LogP contribution in [0.1, 0.15) is 139 Å². The number of hydrogen-bond acceptors (Lipinski definition) is 6. The fourth-order valence-electron chi connectivity index (χ4n) is 3.79. The Bertz CT molecular complexity index is 1660. The Balaban J connectivity index is -0.0000000986. The van der Waals surface area contributed by atoms with E-state index in [4.69, 9.17) is 0 Å². The second-order valence-electron chi connectivity index (χ2n) is 12.2. The topological polar surface area (TPSA) is 117 Å². The van der Waals surface area contributed by atoms with Crippen molar-refractivity contribution in [3.63, 3.8) is 0 Å². The molecule has 0 spiro atoms. The van der Waals surface area contributed by atoms with E-state index in [1.165, 1.54) is 16.8 Å². The Morgan fingerprint density at radius 3 is 1.03 bits per heavy atom. The van der Waals surface area contributed by atoms with Crippen LogP contribution in [0.5, 0.6) is 0 Å². The summed E-state index contributed by atoms with van der Waals surface area (Å²) in [6.45, 7) is 42.1. The number of nitrogens with zero attached hydrogens (tertiary/aromatic N) is 14. The Labute approximate surface area is 425 Å². The molecule has 0 atom stereocenters. The molecule has 0 saturated carbocycles. The molecule has 0 aliphatic rings. The quantitative estimate of drug-likeness (QED) is 0.149. The second kappa shape index (κ2) is 63.9. The molecule has 0 aromatic carbocycles. The Kier molecular flexibility index (Phi) is 74.0. The summed E-state index contributed by atoms with van der Waals surface area (Å²) in [5, 5.41) is 15.7. The van der Waals surface area contributed by atoms with E-state index in [2.05, 4.69) is 49.5 Å². The molecule has 0 bridgehead atoms. The van der Waals surface area contributed by atoms with Gasteiger partial charge in [0, 0.05) is 136 Å². The number of hydrogen-bond donors (Lipinski definition) is 0. The zero-order valence-electron chi connectivity index (χ0n) is 49.9. The van der Waals surface area contributed by atoms with Crippen LogP contribution >= 0.6 is 0 Å². The molecule has 8 aromatic heterocycles. The summed E-state index contributed by atoms with van der Waals surface area (Å²) in [4.78, 5) is 7.76. The van der Waals surface area contributed by atoms with E-state index in [1.807, 2.05) is 304 Å². The monoisotopic (exact) mass is 965 g/mol. The summed E-state index contributed by atoms with van der Waals surface area (Å²) >= 11 is 0. The molecule has 0 N–H and O–H groups in total. The number of aryl methyl sites for hydroxylation is 13. The van der Waals surface area contributed by atoms with Crippen molar-refractivity contribution in [2.24, 2.45) is 56.4 Å². The van der Waals surface area contributed by atoms with Crippen LogP contribution < -0.4 is 0 Å². The number of imidazole rings is 2. The van der Waals surface area contributed by atoms with Crippen LogP contribution in [-0.4, -0.2) is 67.4 Å². The summed E-state index contributed by atoms with van der Waals surface area (Å²) in [7, 11) is 15.6. The van der Waals surface area contributed by atoms with Gasteiger partial charge in [-0.3, -0.25) is 18.7 Å². The predicted molar refractivity (Wildman–Crippen MR) is 305 cm³/mol. The molecule has 398 valence electrons. The fraction of sp³-hybridized carbons (Fsp3) is 0.527. The first-order chi connectivity index (χ1) is 33.1. The first kappa shape index (κ1) is 79.9. The average Bonchev–Trinajstić information content (AvgIpc) is 4.27. The molecule has 0 saturated heterocycles. The maximum absolute atomic E-state index is 4.03. The smallest absolute Gasteiger partial charge is 0.0946 e. The molecule has 0 radical (unpaired) electrons. The van der Waals surface area contributed by atoms with Gasteiger partial charge >= 0.3 is 0 Å². The molecule has 0 amide bonds. The molecule has 0 aliphatic heterocycles. The molecule has 0 fully saturated rings. The van der Waals surface area contributed by atoms with E-state index in [9.17, 15) is 0 Å². The fourth-order valence-corrected chi connectivity index (χ4v) is 3.79. The van der Waals surface area contributed by atoms with Crippen molar-refractivity contribution < 1.29 is 0 Å². The zero-order chi connectivity index (χ0) is 55.6. The highest BCUT2D eigenvalue weighted by atomic mass is 15.3. The first-order valence-electron chi connectivity index (χ1n) is 25.0. The van der Waals surface area contributed by atoms with Gasteiger partial charge in [0.15, 0.2) is 0 Å². The minimum Gasteiger partial charge on any atom is -0.357 e. The van der Waals surface area contributed by atoms with Gasteiger partial charge in [-0.1, -0.05) is 111 Å². The van der Waals surface area contributed by atoms with Crippen LogP contribution in [0.3, 0.4) is 0 Å². The maximum atomic E-state index is 4.03. The lowest BCUT2D eigenvalue weighted by atomic mass is 10.4. The lowest BCUT2D eigenvalue weighted by molar-refractivity contribution is 0.740. The van der Waals surface area contributed by atoms with Crippen molar-refractivity contribution in [2.75, 3.05) is 0 Å². The van der Waals surface area contributed by atoms with Gasteiger partial charge in [-0.25, -0.2) is 9.97 Å². The highest BCUT2D eigenvalue weighted by molar-refractivity contribution is 5.06. The van der Waals surface area contributed by atoms with Gasteiger partial charge in [-0.05, 0) is 82.1 Å². The SMILES string of the molecule is CC.CC.CC.CC.CC.CC.CC.CC.Cc1ccn(C)c1.Cc1ccn(C)n1.Cc1ccnn1C.Cc1cn(C)cn1.Cc1cnn(C)c1.Cn1cccc1.Cn1cccn1.Cn1ccnc1. The largest absolute Gasteiger partial charge is 0.357 e. The van der Waals surface area contributed by atoms with Crippen molar-refractivity contribution >= 4 is 0 Å². The summed E-state index contributed by atoms with van der Waals surface area (Å²) in [6, 6.07) is 11.9. The number of aromatic nitrogens is 14. The minimum atomic E-state index is 1.07. The third-order valence-corrected chi connectivity index (χ3v) is 6.59. The average molecular weight is 966 g/mol. The third-order valence-electron chi connectivity index (χ3n) is 6.59. The van der Waals surface area contributed by atoms with E-state index in [-0.39, 0.29) is 0 Å². The van der Waals surface area contributed by atoms with Gasteiger partial charge < -0.3 is 18.3 Å². The van der Waals surface area contributed by atoms with E-state index >= 15 is 0 Å². The van der Waals surface area contributed by atoms with Crippen LogP contribution in [0.4, 0.5) is 0 Å². The lowest BCUT2D eigenvalue weighted by Crippen LogP contribution is -1.90. The normalized spacial score (nSPS) is 7.78. The van der Waals surface area contributed by atoms with Crippen molar-refractivity contribution in [3.05, 3.63) is 158 Å². The summed E-state index contributed by atoms with van der Waals surface area (Å²) < 4.78 is 15.0. The molecule has 14 heteroatoms. The van der Waals surface area contributed by atoms with Gasteiger partial charge in [0.05, 0.1) is 30.2 Å². The number of rotatable bonds is 0. The molecule has 14 nitrogen and oxygen atoms in total. The molecule has 8 heterocycles. The predicted octanol–water partition coefficient (Wildman–Crippen LogP) is 14.3. The summed E-state index contributed by atoms with van der Waals surface area (Å²) in [5.74, 6) is 0. The zero-order valence-corrected chi connectivity index (χ0v) is 49.9. The Morgan fingerprint density at radius 2 is 0.913 bits per heavy atom. The van der Waals surface area contributed by atoms with Gasteiger partial charge in [-0.2, -0.15) is 20.4 Å². The summed E-state index contributed by atoms with van der Waals surface area (Å²) in [5.41, 5.74) is 5.87. The molecular formula is C55H108N14. The van der Waals surface area contributed by atoms with E-state index in [0.717, 1.165) is 11.4 Å². The van der Waals surface area contributed by atoms with Crippen molar-refractivity contribution in [2.45, 2.75) is 145 Å². The minimum absolute atomic E-state index is 1.07. The van der Waals surface area contributed by atoms with E-state index in [1.54, 1.807) is 45.3 Å². The van der Waals surface area contributed by atoms with Gasteiger partial charge in [0.25, 0.3) is 0 Å². The lowest BCUT2D eigenvalue weighted by Gasteiger charge is -1.87. The van der Waals surface area contributed by atoms with Crippen LogP contribution in [0.25, 0.3) is 0 Å². The molecular weight excluding hydrogens is 857 g/mol. The van der Waals surface area contributed by atoms with Gasteiger partial charge in [0.1, 0.15) is 0 Å². The second-order valence-corrected chi connectivity index (χ2v) is 12.2. The molecule has 8 aromatic rings. The molecule has 8 rings (SSSR count). The van der Waals surface area contributed by atoms with Crippen LogP contribution in [0, 0.1) is 34.6 Å². The van der Waals surface area contributed by atoms with Crippen molar-refractivity contribution in [1.82, 2.24) is 67.4 Å². The molecule has 0 unspecified atom stereocenters. The summed E-state index contributed by atoms with van der Waals surface area (Å²) in [6.07, 6.45) is 28.4. The maximum Gasteiger partial charge on any atom is 0.0946 e. The standard InChI is InChI=1S/C6H9N.4C5H8N2.C5H7N.2C4H6N2.8C2H6/c1-6-3-4-7(2)5-6;1-5-3-7(2)4-6-5;1-5-3-6-7(2)4-5;1-5-3-4-7(2)6-5;1-5-3-4-6-7(5)2;1-6-4-2-3-5-6;1-6-3-2-5-4-6;1-6-4-2-3-5-6;8*1-2/h3-5H,1-2H3;4*3-4H,1-2H3;2-5H,1H3;2*2-4H,1H3;8*1-2H3. The Morgan fingerprint density at radius 1 is 0.362 bits per heavy atom. The molecule has 0 aliphatic carbocycles. The first-order valence-corrected chi connectivity index (χ1v) is 25.0. The van der Waals surface area contributed by atoms with Gasteiger partial charge in [0.2, 0.25) is 0 Å². The molecule has 69 heavy (non-hydrogen) atoms. The van der Waals surface area contributed by atoms with Crippen molar-refractivity contribution in [3.8, 4) is 0 Å². The van der Waals surface area contributed by atoms with E-state index in [0.29, 0.717) is 0 Å². The van der Waals surface area contributed by atoms with Gasteiger partial charge in [-0.15, -0.1) is 0 Å².